The van der Waals surface area contributed by atoms with Gasteiger partial charge in [0.15, 0.2) is 5.69 Å². The van der Waals surface area contributed by atoms with E-state index in [1.807, 2.05) is 38.1 Å². The quantitative estimate of drug-likeness (QED) is 0.631. The van der Waals surface area contributed by atoms with Gasteiger partial charge in [-0.15, -0.1) is 0 Å². The average molecular weight is 437 g/mol. The molecule has 0 radical (unpaired) electrons. The summed E-state index contributed by atoms with van der Waals surface area (Å²) in [5, 5.41) is 13.8. The maximum Gasteiger partial charge on any atom is 0.276 e. The van der Waals surface area contributed by atoms with Crippen LogP contribution in [-0.2, 0) is 13.2 Å². The molecule has 168 valence electrons. The predicted octanol–water partition coefficient (Wildman–Crippen LogP) is 3.48. The fraction of sp³-hybridized carbons (Fsp3) is 0.417. The lowest BCUT2D eigenvalue weighted by atomic mass is 9.91. The van der Waals surface area contributed by atoms with E-state index in [1.54, 1.807) is 18.0 Å². The SMILES string of the molecule is Cc1ccc(OCc2c(C(=O)N3CCC[C@H](c4nc(C)ncc4CO)C3)noc2C)cc1. The molecule has 3 heterocycles. The Bertz CT molecular complexity index is 1090. The predicted molar refractivity (Wildman–Crippen MR) is 117 cm³/mol. The number of amides is 1. The normalized spacial score (nSPS) is 16.2. The van der Waals surface area contributed by atoms with E-state index in [0.717, 1.165) is 29.8 Å². The molecule has 1 aliphatic heterocycles. The van der Waals surface area contributed by atoms with Gasteiger partial charge >= 0.3 is 0 Å². The van der Waals surface area contributed by atoms with Gasteiger partial charge in [0.05, 0.1) is 17.9 Å². The number of carbonyl (C=O) groups excluding carboxylic acids is 1. The standard InChI is InChI=1S/C24H28N4O4/c1-15-6-8-20(9-7-15)31-14-21-16(2)32-27-23(21)24(30)28-10-4-5-18(12-28)22-19(13-29)11-25-17(3)26-22/h6-9,11,18,29H,4-5,10,12-14H2,1-3H3/t18-/m0/s1. The minimum Gasteiger partial charge on any atom is -0.489 e. The number of likely N-dealkylation sites (tertiary alicyclic amines) is 1. The Hall–Kier alpha value is -3.26. The van der Waals surface area contributed by atoms with Crippen LogP contribution >= 0.6 is 0 Å². The summed E-state index contributed by atoms with van der Waals surface area (Å²) in [6, 6.07) is 7.76. The largest absolute Gasteiger partial charge is 0.489 e. The molecule has 0 spiro atoms. The van der Waals surface area contributed by atoms with Crippen LogP contribution in [-0.4, -0.2) is 44.1 Å². The van der Waals surface area contributed by atoms with Gasteiger partial charge in [-0.05, 0) is 45.7 Å². The average Bonchev–Trinajstić information content (AvgIpc) is 3.18. The number of piperidine rings is 1. The zero-order chi connectivity index (χ0) is 22.7. The molecule has 1 aromatic carbocycles. The molecule has 8 nitrogen and oxygen atoms in total. The molecule has 1 aliphatic rings. The van der Waals surface area contributed by atoms with E-state index in [9.17, 15) is 9.90 Å². The van der Waals surface area contributed by atoms with Crippen molar-refractivity contribution in [3.05, 3.63) is 70.1 Å². The van der Waals surface area contributed by atoms with E-state index >= 15 is 0 Å². The minimum atomic E-state index is -0.176. The Morgan fingerprint density at radius 1 is 1.25 bits per heavy atom. The Morgan fingerprint density at radius 2 is 2.03 bits per heavy atom. The highest BCUT2D eigenvalue weighted by Crippen LogP contribution is 2.29. The Labute approximate surface area is 187 Å². The topological polar surface area (TPSA) is 102 Å². The third-order valence-electron chi connectivity index (χ3n) is 5.88. The molecule has 4 rings (SSSR count). The van der Waals surface area contributed by atoms with Gasteiger partial charge in [0.2, 0.25) is 0 Å². The third kappa shape index (κ3) is 4.65. The van der Waals surface area contributed by atoms with E-state index < -0.39 is 0 Å². The lowest BCUT2D eigenvalue weighted by Gasteiger charge is -2.32. The van der Waals surface area contributed by atoms with Crippen LogP contribution in [0.2, 0.25) is 0 Å². The van der Waals surface area contributed by atoms with Crippen molar-refractivity contribution >= 4 is 5.91 Å². The van der Waals surface area contributed by atoms with Crippen LogP contribution in [0.25, 0.3) is 0 Å². The Balaban J connectivity index is 1.51. The maximum absolute atomic E-state index is 13.4. The summed E-state index contributed by atoms with van der Waals surface area (Å²) >= 11 is 0. The van der Waals surface area contributed by atoms with Crippen molar-refractivity contribution in [2.24, 2.45) is 0 Å². The number of rotatable bonds is 6. The molecule has 0 aliphatic carbocycles. The van der Waals surface area contributed by atoms with Crippen molar-refractivity contribution in [1.29, 1.82) is 0 Å². The second-order valence-electron chi connectivity index (χ2n) is 8.24. The number of ether oxygens (including phenoxy) is 1. The molecule has 1 saturated heterocycles. The van der Waals surface area contributed by atoms with Gasteiger partial charge in [0.25, 0.3) is 5.91 Å². The first-order valence-electron chi connectivity index (χ1n) is 10.8. The number of nitrogens with zero attached hydrogens (tertiary/aromatic N) is 4. The van der Waals surface area contributed by atoms with Crippen molar-refractivity contribution < 1.29 is 19.2 Å². The third-order valence-corrected chi connectivity index (χ3v) is 5.88. The zero-order valence-electron chi connectivity index (χ0n) is 18.7. The summed E-state index contributed by atoms with van der Waals surface area (Å²) in [4.78, 5) is 23.9. The lowest BCUT2D eigenvalue weighted by Crippen LogP contribution is -2.40. The number of carbonyl (C=O) groups is 1. The van der Waals surface area contributed by atoms with E-state index in [1.165, 1.54) is 0 Å². The number of benzene rings is 1. The van der Waals surface area contributed by atoms with Crippen LogP contribution in [0, 0.1) is 20.8 Å². The molecule has 8 heteroatoms. The monoisotopic (exact) mass is 436 g/mol. The number of aliphatic hydroxyl groups excluding tert-OH is 1. The van der Waals surface area contributed by atoms with Gasteiger partial charge in [0, 0.05) is 30.8 Å². The van der Waals surface area contributed by atoms with Crippen molar-refractivity contribution in [2.45, 2.75) is 52.7 Å². The Kier molecular flexibility index (Phi) is 6.50. The molecule has 0 saturated carbocycles. The molecule has 0 unspecified atom stereocenters. The van der Waals surface area contributed by atoms with Gasteiger partial charge in [-0.1, -0.05) is 22.9 Å². The summed E-state index contributed by atoms with van der Waals surface area (Å²) in [5.74, 6) is 1.82. The van der Waals surface area contributed by atoms with E-state index in [4.69, 9.17) is 9.26 Å². The van der Waals surface area contributed by atoms with Gasteiger partial charge in [0.1, 0.15) is 23.9 Å². The fourth-order valence-electron chi connectivity index (χ4n) is 4.04. The van der Waals surface area contributed by atoms with Crippen LogP contribution in [0.15, 0.2) is 35.0 Å². The minimum absolute atomic E-state index is 0.0387. The summed E-state index contributed by atoms with van der Waals surface area (Å²) in [7, 11) is 0. The molecule has 32 heavy (non-hydrogen) atoms. The highest BCUT2D eigenvalue weighted by Gasteiger charge is 2.31. The van der Waals surface area contributed by atoms with E-state index in [0.29, 0.717) is 35.8 Å². The van der Waals surface area contributed by atoms with Gasteiger partial charge in [-0.25, -0.2) is 9.97 Å². The number of aromatic nitrogens is 3. The van der Waals surface area contributed by atoms with Crippen molar-refractivity contribution in [3.63, 3.8) is 0 Å². The number of aliphatic hydroxyl groups is 1. The molecule has 1 fully saturated rings. The highest BCUT2D eigenvalue weighted by molar-refractivity contribution is 5.94. The molecule has 1 atom stereocenters. The number of aryl methyl sites for hydroxylation is 3. The van der Waals surface area contributed by atoms with Gasteiger partial charge in [-0.3, -0.25) is 4.79 Å². The van der Waals surface area contributed by atoms with Crippen molar-refractivity contribution in [1.82, 2.24) is 20.0 Å². The van der Waals surface area contributed by atoms with Crippen LogP contribution in [0.5, 0.6) is 5.75 Å². The van der Waals surface area contributed by atoms with E-state index in [-0.39, 0.29) is 30.7 Å². The van der Waals surface area contributed by atoms with Crippen molar-refractivity contribution in [2.75, 3.05) is 13.1 Å². The molecule has 2 aromatic heterocycles. The molecule has 0 bridgehead atoms. The highest BCUT2D eigenvalue weighted by atomic mass is 16.5. The lowest BCUT2D eigenvalue weighted by molar-refractivity contribution is 0.0692. The van der Waals surface area contributed by atoms with Crippen LogP contribution < -0.4 is 4.74 Å². The summed E-state index contributed by atoms with van der Waals surface area (Å²) in [5.41, 5.74) is 3.62. The first kappa shape index (κ1) is 22.0. The maximum atomic E-state index is 13.4. The van der Waals surface area contributed by atoms with Crippen molar-refractivity contribution in [3.8, 4) is 5.75 Å². The summed E-state index contributed by atoms with van der Waals surface area (Å²) in [6.45, 7) is 6.86. The first-order chi connectivity index (χ1) is 15.5. The fourth-order valence-corrected chi connectivity index (χ4v) is 4.04. The van der Waals surface area contributed by atoms with Crippen LogP contribution in [0.3, 0.4) is 0 Å². The first-order valence-corrected chi connectivity index (χ1v) is 10.8. The smallest absolute Gasteiger partial charge is 0.276 e. The van der Waals surface area contributed by atoms with E-state index in [2.05, 4.69) is 15.1 Å². The van der Waals surface area contributed by atoms with Gasteiger partial charge in [-0.2, -0.15) is 0 Å². The second kappa shape index (κ2) is 9.48. The zero-order valence-corrected chi connectivity index (χ0v) is 18.7. The second-order valence-corrected chi connectivity index (χ2v) is 8.24. The molecule has 1 N–H and O–H groups in total. The summed E-state index contributed by atoms with van der Waals surface area (Å²) in [6.07, 6.45) is 3.41. The number of hydrogen-bond acceptors (Lipinski definition) is 7. The Morgan fingerprint density at radius 3 is 2.78 bits per heavy atom. The molecule has 3 aromatic rings. The molecular weight excluding hydrogens is 408 g/mol. The number of hydrogen-bond donors (Lipinski definition) is 1. The van der Waals surface area contributed by atoms with Crippen LogP contribution in [0.1, 0.15) is 63.2 Å². The van der Waals surface area contributed by atoms with Crippen LogP contribution in [0.4, 0.5) is 0 Å². The summed E-state index contributed by atoms with van der Waals surface area (Å²) < 4.78 is 11.2. The molecule has 1 amide bonds. The molecular formula is C24H28N4O4. The van der Waals surface area contributed by atoms with Gasteiger partial charge < -0.3 is 19.3 Å².